The van der Waals surface area contributed by atoms with E-state index in [0.717, 1.165) is 18.0 Å². The van der Waals surface area contributed by atoms with Crippen LogP contribution >= 0.6 is 0 Å². The highest BCUT2D eigenvalue weighted by Gasteiger charge is 2.29. The van der Waals surface area contributed by atoms with Gasteiger partial charge in [0.25, 0.3) is 0 Å². The van der Waals surface area contributed by atoms with Crippen molar-refractivity contribution in [3.05, 3.63) is 0 Å². The molecule has 1 aliphatic carbocycles. The highest BCUT2D eigenvalue weighted by Crippen LogP contribution is 2.27. The zero-order valence-electron chi connectivity index (χ0n) is 8.21. The van der Waals surface area contributed by atoms with Crippen LogP contribution in [0.25, 0.3) is 0 Å². The van der Waals surface area contributed by atoms with Crippen molar-refractivity contribution in [3.8, 4) is 0 Å². The van der Waals surface area contributed by atoms with E-state index in [-0.39, 0.29) is 0 Å². The Morgan fingerprint density at radius 2 is 2.00 bits per heavy atom. The number of hydrogen-bond donors (Lipinski definition) is 1. The smallest absolute Gasteiger partial charge is 0.0209 e. The first kappa shape index (κ1) is 8.52. The number of nitrogens with one attached hydrogen (secondary N) is 1. The number of nitrogens with zero attached hydrogens (tertiary/aromatic N) is 1. The molecule has 0 spiro atoms. The lowest BCUT2D eigenvalue weighted by Crippen LogP contribution is -2.46. The third kappa shape index (κ3) is 1.80. The first-order valence-corrected chi connectivity index (χ1v) is 5.18. The van der Waals surface area contributed by atoms with Crippen molar-refractivity contribution in [2.45, 2.75) is 38.3 Å². The summed E-state index contributed by atoms with van der Waals surface area (Å²) in [5.41, 5.74) is 0. The van der Waals surface area contributed by atoms with E-state index in [1.807, 2.05) is 0 Å². The SMILES string of the molecule is CN1CC[C@@H](N[C@H]2C[C@@H](C)C2)C1. The zero-order valence-corrected chi connectivity index (χ0v) is 8.21. The van der Waals surface area contributed by atoms with E-state index in [1.54, 1.807) is 0 Å². The summed E-state index contributed by atoms with van der Waals surface area (Å²) >= 11 is 0. The van der Waals surface area contributed by atoms with Gasteiger partial charge in [0.15, 0.2) is 0 Å². The monoisotopic (exact) mass is 168 g/mol. The highest BCUT2D eigenvalue weighted by molar-refractivity contribution is 4.88. The lowest BCUT2D eigenvalue weighted by atomic mass is 9.81. The van der Waals surface area contributed by atoms with E-state index >= 15 is 0 Å². The fraction of sp³-hybridized carbons (Fsp3) is 1.00. The molecule has 2 fully saturated rings. The molecular formula is C10H20N2. The van der Waals surface area contributed by atoms with Crippen LogP contribution in [0.3, 0.4) is 0 Å². The normalized spacial score (nSPS) is 43.0. The Balaban J connectivity index is 1.67. The minimum Gasteiger partial charge on any atom is -0.310 e. The van der Waals surface area contributed by atoms with Crippen LogP contribution in [0.2, 0.25) is 0 Å². The van der Waals surface area contributed by atoms with E-state index in [4.69, 9.17) is 0 Å². The van der Waals surface area contributed by atoms with Gasteiger partial charge in [0.2, 0.25) is 0 Å². The fourth-order valence-electron chi connectivity index (χ4n) is 2.44. The molecule has 2 rings (SSSR count). The molecule has 1 aliphatic heterocycles. The summed E-state index contributed by atoms with van der Waals surface area (Å²) < 4.78 is 0. The Bertz CT molecular complexity index is 152. The van der Waals surface area contributed by atoms with Gasteiger partial charge in [-0.05, 0) is 38.8 Å². The van der Waals surface area contributed by atoms with Crippen molar-refractivity contribution in [2.24, 2.45) is 5.92 Å². The number of hydrogen-bond acceptors (Lipinski definition) is 2. The number of likely N-dealkylation sites (N-methyl/N-ethyl adjacent to an activating group) is 1. The minimum absolute atomic E-state index is 0.785. The third-order valence-electron chi connectivity index (χ3n) is 3.24. The van der Waals surface area contributed by atoms with E-state index in [0.29, 0.717) is 0 Å². The summed E-state index contributed by atoms with van der Waals surface area (Å²) in [6.07, 6.45) is 4.15. The summed E-state index contributed by atoms with van der Waals surface area (Å²) in [4.78, 5) is 2.42. The van der Waals surface area contributed by atoms with Crippen molar-refractivity contribution in [2.75, 3.05) is 20.1 Å². The number of likely N-dealkylation sites (tertiary alicyclic amines) is 1. The molecule has 0 amide bonds. The molecule has 0 aromatic rings. The topological polar surface area (TPSA) is 15.3 Å². The molecular weight excluding hydrogens is 148 g/mol. The minimum atomic E-state index is 0.785. The van der Waals surface area contributed by atoms with Gasteiger partial charge < -0.3 is 10.2 Å². The molecule has 12 heavy (non-hydrogen) atoms. The third-order valence-corrected chi connectivity index (χ3v) is 3.24. The summed E-state index contributed by atoms with van der Waals surface area (Å²) in [5.74, 6) is 0.974. The van der Waals surface area contributed by atoms with E-state index < -0.39 is 0 Å². The van der Waals surface area contributed by atoms with Gasteiger partial charge in [-0.15, -0.1) is 0 Å². The predicted octanol–water partition coefficient (Wildman–Crippen LogP) is 1.08. The predicted molar refractivity (Wildman–Crippen MR) is 51.2 cm³/mol. The molecule has 0 aromatic heterocycles. The fourth-order valence-corrected chi connectivity index (χ4v) is 2.44. The Kier molecular flexibility index (Phi) is 2.37. The molecule has 0 bridgehead atoms. The van der Waals surface area contributed by atoms with Gasteiger partial charge in [-0.3, -0.25) is 0 Å². The van der Waals surface area contributed by atoms with E-state index in [1.165, 1.54) is 32.4 Å². The average Bonchev–Trinajstić information content (AvgIpc) is 2.33. The van der Waals surface area contributed by atoms with E-state index in [2.05, 4.69) is 24.2 Å². The summed E-state index contributed by atoms with van der Waals surface area (Å²) in [5, 5.41) is 3.73. The molecule has 1 saturated heterocycles. The van der Waals surface area contributed by atoms with Crippen LogP contribution < -0.4 is 5.32 Å². The molecule has 1 heterocycles. The molecule has 2 heteroatoms. The lowest BCUT2D eigenvalue weighted by Gasteiger charge is -2.35. The molecule has 1 saturated carbocycles. The second-order valence-electron chi connectivity index (χ2n) is 4.69. The second kappa shape index (κ2) is 3.35. The van der Waals surface area contributed by atoms with Gasteiger partial charge in [0, 0.05) is 18.6 Å². The van der Waals surface area contributed by atoms with E-state index in [9.17, 15) is 0 Å². The first-order valence-electron chi connectivity index (χ1n) is 5.18. The molecule has 1 N–H and O–H groups in total. The second-order valence-corrected chi connectivity index (χ2v) is 4.69. The van der Waals surface area contributed by atoms with Crippen molar-refractivity contribution in [1.29, 1.82) is 0 Å². The zero-order chi connectivity index (χ0) is 8.55. The van der Waals surface area contributed by atoms with Gasteiger partial charge >= 0.3 is 0 Å². The van der Waals surface area contributed by atoms with Crippen molar-refractivity contribution < 1.29 is 0 Å². The molecule has 1 atom stereocenters. The van der Waals surface area contributed by atoms with Crippen molar-refractivity contribution in [3.63, 3.8) is 0 Å². The largest absolute Gasteiger partial charge is 0.310 e. The van der Waals surface area contributed by atoms with Crippen LogP contribution in [-0.4, -0.2) is 37.1 Å². The maximum atomic E-state index is 3.73. The maximum absolute atomic E-state index is 3.73. The summed E-state index contributed by atoms with van der Waals surface area (Å²) in [6, 6.07) is 1.63. The molecule has 70 valence electrons. The van der Waals surface area contributed by atoms with Gasteiger partial charge in [0.1, 0.15) is 0 Å². The van der Waals surface area contributed by atoms with Crippen LogP contribution in [0.1, 0.15) is 26.2 Å². The highest BCUT2D eigenvalue weighted by atomic mass is 15.2. The van der Waals surface area contributed by atoms with Crippen molar-refractivity contribution >= 4 is 0 Å². The van der Waals surface area contributed by atoms with Crippen LogP contribution in [0, 0.1) is 5.92 Å². The Hall–Kier alpha value is -0.0800. The van der Waals surface area contributed by atoms with Crippen LogP contribution in [0.5, 0.6) is 0 Å². The summed E-state index contributed by atoms with van der Waals surface area (Å²) in [6.45, 7) is 4.88. The van der Waals surface area contributed by atoms with Crippen LogP contribution in [0.15, 0.2) is 0 Å². The Labute approximate surface area is 75.3 Å². The van der Waals surface area contributed by atoms with Gasteiger partial charge in [-0.25, -0.2) is 0 Å². The van der Waals surface area contributed by atoms with Crippen molar-refractivity contribution in [1.82, 2.24) is 10.2 Å². The molecule has 2 nitrogen and oxygen atoms in total. The molecule has 0 unspecified atom stereocenters. The van der Waals surface area contributed by atoms with Gasteiger partial charge in [-0.2, -0.15) is 0 Å². The van der Waals surface area contributed by atoms with Crippen LogP contribution in [-0.2, 0) is 0 Å². The Morgan fingerprint density at radius 3 is 2.50 bits per heavy atom. The molecule has 0 radical (unpaired) electrons. The average molecular weight is 168 g/mol. The lowest BCUT2D eigenvalue weighted by molar-refractivity contribution is 0.222. The summed E-state index contributed by atoms with van der Waals surface area (Å²) in [7, 11) is 2.21. The number of rotatable bonds is 2. The standard InChI is InChI=1S/C10H20N2/c1-8-5-10(6-8)11-9-3-4-12(2)7-9/h8-11H,3-7H2,1-2H3/t8-,9-,10+/m1/s1. The van der Waals surface area contributed by atoms with Gasteiger partial charge in [-0.1, -0.05) is 6.92 Å². The van der Waals surface area contributed by atoms with Gasteiger partial charge in [0.05, 0.1) is 0 Å². The Morgan fingerprint density at radius 1 is 1.25 bits per heavy atom. The quantitative estimate of drug-likeness (QED) is 0.663. The molecule has 0 aromatic carbocycles. The molecule has 2 aliphatic rings. The van der Waals surface area contributed by atoms with Crippen LogP contribution in [0.4, 0.5) is 0 Å². The maximum Gasteiger partial charge on any atom is 0.0209 e. The first-order chi connectivity index (χ1) is 5.74.